The quantitative estimate of drug-likeness (QED) is 0.652. The van der Waals surface area contributed by atoms with Crippen LogP contribution in [0.15, 0.2) is 35.1 Å². The fourth-order valence-corrected chi connectivity index (χ4v) is 1.42. The van der Waals surface area contributed by atoms with Gasteiger partial charge in [-0.05, 0) is 31.2 Å². The van der Waals surface area contributed by atoms with Gasteiger partial charge in [0, 0.05) is 11.2 Å². The number of aryl methyl sites for hydroxylation is 1. The second-order valence-electron chi connectivity index (χ2n) is 3.02. The van der Waals surface area contributed by atoms with Crippen molar-refractivity contribution in [2.45, 2.75) is 6.92 Å². The lowest BCUT2D eigenvalue weighted by Crippen LogP contribution is -2.18. The molecule has 3 nitrogen and oxygen atoms in total. The Balaban J connectivity index is 3.06. The van der Waals surface area contributed by atoms with Crippen molar-refractivity contribution in [2.75, 3.05) is 5.73 Å². The molecule has 0 unspecified atom stereocenters. The van der Waals surface area contributed by atoms with Crippen molar-refractivity contribution < 1.29 is 0 Å². The highest BCUT2D eigenvalue weighted by Crippen LogP contribution is 2.05. The predicted molar refractivity (Wildman–Crippen MR) is 52.8 cm³/mol. The minimum absolute atomic E-state index is 0.143. The third-order valence-electron chi connectivity index (χ3n) is 2.10. The first-order chi connectivity index (χ1) is 6.20. The number of rotatable bonds is 0. The fraction of sp³-hybridized carbons (Fsp3) is 0.100. The number of fused-ring (bicyclic) bond motifs is 1. The van der Waals surface area contributed by atoms with E-state index in [4.69, 9.17) is 5.73 Å². The minimum Gasteiger partial charge on any atom is -0.394 e. The van der Waals surface area contributed by atoms with Crippen molar-refractivity contribution >= 4 is 11.2 Å². The lowest BCUT2D eigenvalue weighted by molar-refractivity contribution is 1.03. The number of nitrogen functional groups attached to an aromatic ring is 1. The highest BCUT2D eigenvalue weighted by Gasteiger charge is 2.00. The normalized spacial score (nSPS) is 10.5. The summed E-state index contributed by atoms with van der Waals surface area (Å²) in [7, 11) is 0. The van der Waals surface area contributed by atoms with Crippen LogP contribution in [-0.4, -0.2) is 4.40 Å². The van der Waals surface area contributed by atoms with Crippen molar-refractivity contribution in [2.24, 2.45) is 0 Å². The molecule has 0 aromatic carbocycles. The molecule has 0 saturated heterocycles. The van der Waals surface area contributed by atoms with Gasteiger partial charge in [-0.15, -0.1) is 0 Å². The van der Waals surface area contributed by atoms with Crippen LogP contribution in [0.2, 0.25) is 0 Å². The van der Waals surface area contributed by atoms with Crippen molar-refractivity contribution in [3.8, 4) is 0 Å². The molecule has 0 fully saturated rings. The highest BCUT2D eigenvalue weighted by molar-refractivity contribution is 5.53. The van der Waals surface area contributed by atoms with Gasteiger partial charge in [0.25, 0.3) is 5.56 Å². The predicted octanol–water partition coefficient (Wildman–Crippen LogP) is 1.19. The van der Waals surface area contributed by atoms with Crippen LogP contribution in [0.3, 0.4) is 0 Å². The first kappa shape index (κ1) is 7.86. The van der Waals surface area contributed by atoms with Crippen LogP contribution in [0.1, 0.15) is 5.69 Å². The van der Waals surface area contributed by atoms with Crippen LogP contribution in [-0.2, 0) is 0 Å². The molecule has 0 aliphatic rings. The molecule has 2 heterocycles. The van der Waals surface area contributed by atoms with Crippen LogP contribution in [0, 0.1) is 6.92 Å². The average molecular weight is 174 g/mol. The molecule has 2 aromatic heterocycles. The lowest BCUT2D eigenvalue weighted by atomic mass is 10.3. The largest absolute Gasteiger partial charge is 0.394 e. The molecule has 0 spiro atoms. The zero-order valence-electron chi connectivity index (χ0n) is 7.32. The van der Waals surface area contributed by atoms with Gasteiger partial charge in [0.1, 0.15) is 0 Å². The Bertz CT molecular complexity index is 514. The Labute approximate surface area is 75.4 Å². The fourth-order valence-electron chi connectivity index (χ4n) is 1.42. The number of aromatic nitrogens is 1. The third-order valence-corrected chi connectivity index (χ3v) is 2.10. The molecule has 2 N–H and O–H groups in total. The van der Waals surface area contributed by atoms with E-state index in [2.05, 4.69) is 0 Å². The minimum atomic E-state index is -0.143. The average Bonchev–Trinajstić information content (AvgIpc) is 2.12. The number of nitrogens with two attached hydrogens (primary N) is 1. The van der Waals surface area contributed by atoms with Gasteiger partial charge >= 0.3 is 0 Å². The molecule has 13 heavy (non-hydrogen) atoms. The Morgan fingerprint density at radius 3 is 2.77 bits per heavy atom. The van der Waals surface area contributed by atoms with E-state index in [0.29, 0.717) is 0 Å². The van der Waals surface area contributed by atoms with Gasteiger partial charge in [-0.1, -0.05) is 6.07 Å². The smallest absolute Gasteiger partial charge is 0.278 e. The first-order valence-electron chi connectivity index (χ1n) is 4.07. The molecular formula is C10H10N2O. The summed E-state index contributed by atoms with van der Waals surface area (Å²) in [5.74, 6) is 0. The van der Waals surface area contributed by atoms with E-state index >= 15 is 0 Å². The van der Waals surface area contributed by atoms with Crippen LogP contribution in [0.4, 0.5) is 5.69 Å². The monoisotopic (exact) mass is 174 g/mol. The summed E-state index contributed by atoms with van der Waals surface area (Å²) in [6.45, 7) is 1.88. The molecule has 0 aliphatic heterocycles. The summed E-state index contributed by atoms with van der Waals surface area (Å²) in [5.41, 5.74) is 7.43. The Hall–Kier alpha value is -1.77. The number of hydrogen-bond donors (Lipinski definition) is 1. The number of hydrogen-bond acceptors (Lipinski definition) is 2. The molecule has 0 radical (unpaired) electrons. The number of pyridine rings is 2. The summed E-state index contributed by atoms with van der Waals surface area (Å²) in [6.07, 6.45) is 0. The van der Waals surface area contributed by atoms with Gasteiger partial charge in [-0.3, -0.25) is 9.20 Å². The van der Waals surface area contributed by atoms with Gasteiger partial charge in [0.2, 0.25) is 0 Å². The third kappa shape index (κ3) is 1.09. The summed E-state index contributed by atoms with van der Waals surface area (Å²) in [6, 6.07) is 9.16. The standard InChI is InChI=1S/C10H10N2O/c1-7-3-2-4-8-5-6-9(11)10(13)12(7)8/h2-6H,11H2,1H3. The van der Waals surface area contributed by atoms with Crippen molar-refractivity contribution in [1.82, 2.24) is 4.40 Å². The number of nitrogens with zero attached hydrogens (tertiary/aromatic N) is 1. The van der Waals surface area contributed by atoms with Crippen molar-refractivity contribution in [3.63, 3.8) is 0 Å². The number of anilines is 1. The van der Waals surface area contributed by atoms with Crippen LogP contribution >= 0.6 is 0 Å². The molecule has 0 atom stereocenters. The summed E-state index contributed by atoms with van der Waals surface area (Å²) >= 11 is 0. The summed E-state index contributed by atoms with van der Waals surface area (Å²) < 4.78 is 1.61. The Morgan fingerprint density at radius 2 is 2.00 bits per heavy atom. The maximum Gasteiger partial charge on any atom is 0.278 e. The molecule has 3 heteroatoms. The van der Waals surface area contributed by atoms with Crippen LogP contribution < -0.4 is 11.3 Å². The van der Waals surface area contributed by atoms with Gasteiger partial charge in [0.05, 0.1) is 5.69 Å². The van der Waals surface area contributed by atoms with E-state index in [1.165, 1.54) is 0 Å². The first-order valence-corrected chi connectivity index (χ1v) is 4.07. The topological polar surface area (TPSA) is 47.5 Å². The van der Waals surface area contributed by atoms with E-state index in [0.717, 1.165) is 11.2 Å². The van der Waals surface area contributed by atoms with Crippen LogP contribution in [0.5, 0.6) is 0 Å². The molecular weight excluding hydrogens is 164 g/mol. The molecule has 0 aliphatic carbocycles. The molecule has 0 bridgehead atoms. The maximum absolute atomic E-state index is 11.6. The Morgan fingerprint density at radius 1 is 1.23 bits per heavy atom. The second-order valence-corrected chi connectivity index (χ2v) is 3.02. The van der Waals surface area contributed by atoms with Crippen molar-refractivity contribution in [3.05, 3.63) is 46.4 Å². The van der Waals surface area contributed by atoms with E-state index in [1.54, 1.807) is 10.5 Å². The molecule has 0 amide bonds. The van der Waals surface area contributed by atoms with Gasteiger partial charge < -0.3 is 5.73 Å². The maximum atomic E-state index is 11.6. The van der Waals surface area contributed by atoms with E-state index in [-0.39, 0.29) is 11.2 Å². The molecule has 0 saturated carbocycles. The van der Waals surface area contributed by atoms with E-state index < -0.39 is 0 Å². The molecule has 66 valence electrons. The SMILES string of the molecule is Cc1cccc2ccc(N)c(=O)n12. The lowest BCUT2D eigenvalue weighted by Gasteiger charge is -2.04. The molecule has 2 rings (SSSR count). The van der Waals surface area contributed by atoms with E-state index in [9.17, 15) is 4.79 Å². The van der Waals surface area contributed by atoms with Gasteiger partial charge in [0.15, 0.2) is 0 Å². The van der Waals surface area contributed by atoms with Gasteiger partial charge in [-0.2, -0.15) is 0 Å². The van der Waals surface area contributed by atoms with Crippen LogP contribution in [0.25, 0.3) is 5.52 Å². The zero-order valence-corrected chi connectivity index (χ0v) is 7.32. The second kappa shape index (κ2) is 2.62. The Kier molecular flexibility index (Phi) is 1.59. The zero-order chi connectivity index (χ0) is 9.42. The summed E-state index contributed by atoms with van der Waals surface area (Å²) in [5, 5.41) is 0. The van der Waals surface area contributed by atoms with E-state index in [1.807, 2.05) is 31.2 Å². The summed E-state index contributed by atoms with van der Waals surface area (Å²) in [4.78, 5) is 11.6. The highest BCUT2D eigenvalue weighted by atomic mass is 16.1. The van der Waals surface area contributed by atoms with Crippen molar-refractivity contribution in [1.29, 1.82) is 0 Å². The molecule has 2 aromatic rings. The van der Waals surface area contributed by atoms with Gasteiger partial charge in [-0.25, -0.2) is 0 Å².